The fourth-order valence-electron chi connectivity index (χ4n) is 2.33. The topological polar surface area (TPSA) is 51.1 Å². The summed E-state index contributed by atoms with van der Waals surface area (Å²) in [6, 6.07) is 13.9. The molecule has 128 valence electrons. The molecular formula is C18H17FN4OS. The van der Waals surface area contributed by atoms with Crippen molar-refractivity contribution >= 4 is 28.7 Å². The fraction of sp³-hybridized carbons (Fsp3) is 0.111. The summed E-state index contributed by atoms with van der Waals surface area (Å²) in [5, 5.41) is 10.8. The van der Waals surface area contributed by atoms with Crippen molar-refractivity contribution in [3.63, 3.8) is 0 Å². The highest BCUT2D eigenvalue weighted by Crippen LogP contribution is 2.17. The molecule has 25 heavy (non-hydrogen) atoms. The van der Waals surface area contributed by atoms with E-state index in [4.69, 9.17) is 17.0 Å². The maximum Gasteiger partial charge on any atom is 0.175 e. The van der Waals surface area contributed by atoms with Gasteiger partial charge in [0.1, 0.15) is 11.6 Å². The normalized spacial score (nSPS) is 10.3. The molecule has 0 spiro atoms. The largest absolute Gasteiger partial charge is 0.497 e. The molecular weight excluding hydrogens is 339 g/mol. The predicted molar refractivity (Wildman–Crippen MR) is 101 cm³/mol. The van der Waals surface area contributed by atoms with Crippen LogP contribution in [-0.4, -0.2) is 22.0 Å². The van der Waals surface area contributed by atoms with Gasteiger partial charge in [-0.05, 0) is 42.0 Å². The summed E-state index contributed by atoms with van der Waals surface area (Å²) < 4.78 is 20.1. The second-order valence-corrected chi connectivity index (χ2v) is 5.78. The van der Waals surface area contributed by atoms with Gasteiger partial charge in [0.05, 0.1) is 25.5 Å². The van der Waals surface area contributed by atoms with Gasteiger partial charge in [-0.25, -0.2) is 4.39 Å². The van der Waals surface area contributed by atoms with Crippen molar-refractivity contribution in [3.05, 3.63) is 72.3 Å². The van der Waals surface area contributed by atoms with E-state index in [1.165, 1.54) is 12.1 Å². The average molecular weight is 356 g/mol. The third kappa shape index (κ3) is 4.77. The molecule has 0 unspecified atom stereocenters. The molecule has 0 amide bonds. The third-order valence-corrected chi connectivity index (χ3v) is 3.66. The molecule has 3 rings (SSSR count). The van der Waals surface area contributed by atoms with Crippen LogP contribution in [0.15, 0.2) is 60.9 Å². The molecule has 0 aliphatic rings. The number of methoxy groups -OCH3 is 1. The maximum atomic E-state index is 13.2. The van der Waals surface area contributed by atoms with Crippen LogP contribution in [0.25, 0.3) is 0 Å². The standard InChI is InChI=1S/C18H17FN4OS/c1-24-17-7-3-6-15(9-17)21-18(25)22-16-10-20-23(12-16)11-13-4-2-5-14(19)8-13/h2-10,12H,11H2,1H3,(H2,21,22,25). The van der Waals surface area contributed by atoms with Gasteiger partial charge in [-0.3, -0.25) is 4.68 Å². The summed E-state index contributed by atoms with van der Waals surface area (Å²) >= 11 is 5.30. The first-order chi connectivity index (χ1) is 12.1. The Morgan fingerprint density at radius 1 is 1.16 bits per heavy atom. The van der Waals surface area contributed by atoms with Crippen LogP contribution in [0.2, 0.25) is 0 Å². The minimum atomic E-state index is -0.258. The highest BCUT2D eigenvalue weighted by molar-refractivity contribution is 7.80. The highest BCUT2D eigenvalue weighted by Gasteiger charge is 2.04. The average Bonchev–Trinajstić information content (AvgIpc) is 3.01. The van der Waals surface area contributed by atoms with Crippen molar-refractivity contribution in [2.45, 2.75) is 6.54 Å². The van der Waals surface area contributed by atoms with Crippen molar-refractivity contribution in [1.82, 2.24) is 9.78 Å². The van der Waals surface area contributed by atoms with Gasteiger partial charge < -0.3 is 15.4 Å². The minimum Gasteiger partial charge on any atom is -0.497 e. The zero-order valence-corrected chi connectivity index (χ0v) is 14.4. The van der Waals surface area contributed by atoms with Crippen molar-refractivity contribution in [2.75, 3.05) is 17.7 Å². The van der Waals surface area contributed by atoms with Crippen molar-refractivity contribution in [1.29, 1.82) is 0 Å². The number of rotatable bonds is 5. The monoisotopic (exact) mass is 356 g/mol. The first-order valence-corrected chi connectivity index (χ1v) is 8.02. The molecule has 7 heteroatoms. The van der Waals surface area contributed by atoms with E-state index in [-0.39, 0.29) is 5.82 Å². The Morgan fingerprint density at radius 2 is 1.96 bits per heavy atom. The van der Waals surface area contributed by atoms with E-state index in [1.807, 2.05) is 36.5 Å². The lowest BCUT2D eigenvalue weighted by atomic mass is 10.2. The molecule has 0 saturated carbocycles. The lowest BCUT2D eigenvalue weighted by molar-refractivity contribution is 0.415. The molecule has 0 aliphatic heterocycles. The first kappa shape index (κ1) is 16.9. The van der Waals surface area contributed by atoms with Crippen LogP contribution in [0.1, 0.15) is 5.56 Å². The Bertz CT molecular complexity index is 881. The molecule has 3 aromatic rings. The van der Waals surface area contributed by atoms with E-state index in [0.29, 0.717) is 11.7 Å². The second kappa shape index (κ2) is 7.76. The second-order valence-electron chi connectivity index (χ2n) is 5.37. The number of thiocarbonyl (C=S) groups is 1. The number of nitrogens with zero attached hydrogens (tertiary/aromatic N) is 2. The summed E-state index contributed by atoms with van der Waals surface area (Å²) in [6.45, 7) is 0.482. The number of anilines is 2. The Hall–Kier alpha value is -2.93. The number of aromatic nitrogens is 2. The van der Waals surface area contributed by atoms with Crippen molar-refractivity contribution in [2.24, 2.45) is 0 Å². The van der Waals surface area contributed by atoms with Gasteiger partial charge in [0.15, 0.2) is 5.11 Å². The summed E-state index contributed by atoms with van der Waals surface area (Å²) in [7, 11) is 1.61. The van der Waals surface area contributed by atoms with Crippen LogP contribution in [-0.2, 0) is 6.54 Å². The van der Waals surface area contributed by atoms with Crippen molar-refractivity contribution < 1.29 is 9.13 Å². The number of ether oxygens (including phenoxy) is 1. The van der Waals surface area contributed by atoms with Crippen LogP contribution in [0.4, 0.5) is 15.8 Å². The molecule has 2 aromatic carbocycles. The number of benzene rings is 2. The van der Waals surface area contributed by atoms with Gasteiger partial charge in [0.25, 0.3) is 0 Å². The van der Waals surface area contributed by atoms with E-state index in [1.54, 1.807) is 24.1 Å². The predicted octanol–water partition coefficient (Wildman–Crippen LogP) is 3.89. The van der Waals surface area contributed by atoms with E-state index in [9.17, 15) is 4.39 Å². The van der Waals surface area contributed by atoms with Crippen LogP contribution in [0.5, 0.6) is 5.75 Å². The van der Waals surface area contributed by atoms with E-state index in [0.717, 1.165) is 22.7 Å². The lowest BCUT2D eigenvalue weighted by Crippen LogP contribution is -2.18. The molecule has 0 radical (unpaired) electrons. The van der Waals surface area contributed by atoms with Crippen LogP contribution in [0.3, 0.4) is 0 Å². The quantitative estimate of drug-likeness (QED) is 0.680. The van der Waals surface area contributed by atoms with Crippen LogP contribution in [0, 0.1) is 5.82 Å². The molecule has 5 nitrogen and oxygen atoms in total. The van der Waals surface area contributed by atoms with Crippen molar-refractivity contribution in [3.8, 4) is 5.75 Å². The van der Waals surface area contributed by atoms with Gasteiger partial charge in [0, 0.05) is 18.0 Å². The van der Waals surface area contributed by atoms with Gasteiger partial charge in [-0.2, -0.15) is 5.10 Å². The van der Waals surface area contributed by atoms with Crippen LogP contribution >= 0.6 is 12.2 Å². The Labute approximate surface area is 150 Å². The summed E-state index contributed by atoms with van der Waals surface area (Å²) in [5.41, 5.74) is 2.41. The van der Waals surface area contributed by atoms with Crippen LogP contribution < -0.4 is 15.4 Å². The Kier molecular flexibility index (Phi) is 5.25. The molecule has 0 saturated heterocycles. The van der Waals surface area contributed by atoms with Gasteiger partial charge in [-0.15, -0.1) is 0 Å². The fourth-order valence-corrected chi connectivity index (χ4v) is 2.57. The maximum absolute atomic E-state index is 13.2. The van der Waals surface area contributed by atoms with Gasteiger partial charge in [0.2, 0.25) is 0 Å². The molecule has 1 heterocycles. The molecule has 0 atom stereocenters. The number of hydrogen-bond donors (Lipinski definition) is 2. The summed E-state index contributed by atoms with van der Waals surface area (Å²) in [4.78, 5) is 0. The van der Waals surface area contributed by atoms with E-state index in [2.05, 4.69) is 15.7 Å². The minimum absolute atomic E-state index is 0.258. The summed E-state index contributed by atoms with van der Waals surface area (Å²) in [5.74, 6) is 0.488. The molecule has 1 aromatic heterocycles. The number of hydrogen-bond acceptors (Lipinski definition) is 3. The molecule has 2 N–H and O–H groups in total. The zero-order chi connectivity index (χ0) is 17.6. The van der Waals surface area contributed by atoms with Gasteiger partial charge in [-0.1, -0.05) is 18.2 Å². The third-order valence-electron chi connectivity index (χ3n) is 3.45. The SMILES string of the molecule is COc1cccc(NC(=S)Nc2cnn(Cc3cccc(F)c3)c2)c1. The Morgan fingerprint density at radius 3 is 2.76 bits per heavy atom. The smallest absolute Gasteiger partial charge is 0.175 e. The zero-order valence-electron chi connectivity index (χ0n) is 13.6. The lowest BCUT2D eigenvalue weighted by Gasteiger charge is -2.10. The molecule has 0 fully saturated rings. The first-order valence-electron chi connectivity index (χ1n) is 7.61. The molecule has 0 bridgehead atoms. The highest BCUT2D eigenvalue weighted by atomic mass is 32.1. The Balaban J connectivity index is 1.59. The van der Waals surface area contributed by atoms with Gasteiger partial charge >= 0.3 is 0 Å². The van der Waals surface area contributed by atoms with E-state index >= 15 is 0 Å². The summed E-state index contributed by atoms with van der Waals surface area (Å²) in [6.07, 6.45) is 3.48. The number of nitrogens with one attached hydrogen (secondary N) is 2. The molecule has 0 aliphatic carbocycles. The number of halogens is 1. The van der Waals surface area contributed by atoms with E-state index < -0.39 is 0 Å².